The van der Waals surface area contributed by atoms with Gasteiger partial charge in [-0.25, -0.2) is 0 Å². The maximum atomic E-state index is 9.79. The Morgan fingerprint density at radius 2 is 1.96 bits per heavy atom. The Kier molecular flexibility index (Phi) is 4.07. The van der Waals surface area contributed by atoms with E-state index in [1.54, 1.807) is 0 Å². The highest BCUT2D eigenvalue weighted by Crippen LogP contribution is 2.24. The summed E-state index contributed by atoms with van der Waals surface area (Å²) in [6.07, 6.45) is 1.88. The summed E-state index contributed by atoms with van der Waals surface area (Å²) in [5.74, 6) is -0.252. The Hall–Kier alpha value is -3.10. The maximum absolute atomic E-state index is 9.79. The van der Waals surface area contributed by atoms with Crippen molar-refractivity contribution in [3.8, 4) is 23.2 Å². The molecule has 0 bridgehead atoms. The number of pyridine rings is 1. The number of nitrogens with one attached hydrogen (secondary N) is 2. The number of rotatable bonds is 2. The SMILES string of the molecule is C=c1c(C#N)c(O)[nH]c(=S)/c1=C\c1cc(C)[nH]c1-c1ccccc1. The molecule has 118 valence electrons. The largest absolute Gasteiger partial charge is 0.494 e. The minimum absolute atomic E-state index is 0.100. The lowest BCUT2D eigenvalue weighted by Gasteiger charge is -2.02. The zero-order chi connectivity index (χ0) is 17.3. The van der Waals surface area contributed by atoms with Crippen molar-refractivity contribution in [2.75, 3.05) is 0 Å². The molecule has 0 fully saturated rings. The molecular weight excluding hydrogens is 318 g/mol. The van der Waals surface area contributed by atoms with Crippen molar-refractivity contribution in [2.45, 2.75) is 6.92 Å². The molecule has 0 aliphatic heterocycles. The van der Waals surface area contributed by atoms with Crippen LogP contribution in [0.2, 0.25) is 0 Å². The van der Waals surface area contributed by atoms with Crippen LogP contribution in [0.25, 0.3) is 23.9 Å². The van der Waals surface area contributed by atoms with Crippen molar-refractivity contribution in [2.24, 2.45) is 0 Å². The van der Waals surface area contributed by atoms with Gasteiger partial charge in [0.25, 0.3) is 0 Å². The van der Waals surface area contributed by atoms with Gasteiger partial charge in [0.1, 0.15) is 16.3 Å². The molecule has 0 amide bonds. The Morgan fingerprint density at radius 3 is 2.62 bits per heavy atom. The fourth-order valence-corrected chi connectivity index (χ4v) is 2.93. The number of aromatic nitrogens is 2. The fourth-order valence-electron chi connectivity index (χ4n) is 2.65. The highest BCUT2D eigenvalue weighted by molar-refractivity contribution is 7.71. The summed E-state index contributed by atoms with van der Waals surface area (Å²) < 4.78 is 0.342. The van der Waals surface area contributed by atoms with Crippen molar-refractivity contribution >= 4 is 24.9 Å². The van der Waals surface area contributed by atoms with Gasteiger partial charge in [-0.2, -0.15) is 5.26 Å². The quantitative estimate of drug-likeness (QED) is 0.631. The summed E-state index contributed by atoms with van der Waals surface area (Å²) in [7, 11) is 0. The first-order chi connectivity index (χ1) is 11.5. The second-order valence-corrected chi connectivity index (χ2v) is 5.88. The van der Waals surface area contributed by atoms with E-state index in [1.807, 2.05) is 55.5 Å². The normalized spacial score (nSPS) is 11.4. The van der Waals surface area contributed by atoms with Crippen LogP contribution < -0.4 is 10.4 Å². The first kappa shape index (κ1) is 15.8. The molecular formula is C19H15N3OS. The van der Waals surface area contributed by atoms with Crippen molar-refractivity contribution in [3.63, 3.8) is 0 Å². The van der Waals surface area contributed by atoms with E-state index in [0.29, 0.717) is 15.1 Å². The summed E-state index contributed by atoms with van der Waals surface area (Å²) in [6.45, 7) is 5.89. The van der Waals surface area contributed by atoms with E-state index in [-0.39, 0.29) is 11.4 Å². The first-order valence-corrected chi connectivity index (χ1v) is 7.73. The van der Waals surface area contributed by atoms with Crippen LogP contribution in [-0.2, 0) is 0 Å². The number of hydrogen-bond acceptors (Lipinski definition) is 3. The molecule has 4 nitrogen and oxygen atoms in total. The molecule has 3 aromatic rings. The number of aryl methyl sites for hydroxylation is 1. The van der Waals surface area contributed by atoms with Gasteiger partial charge in [0.15, 0.2) is 0 Å². The molecule has 0 spiro atoms. The topological polar surface area (TPSA) is 75.6 Å². The number of nitrogens with zero attached hydrogens (tertiary/aromatic N) is 1. The number of hydrogen-bond donors (Lipinski definition) is 3. The van der Waals surface area contributed by atoms with Gasteiger partial charge in [-0.1, -0.05) is 49.1 Å². The molecule has 24 heavy (non-hydrogen) atoms. The summed E-state index contributed by atoms with van der Waals surface area (Å²) >= 11 is 5.29. The molecule has 2 heterocycles. The molecule has 3 rings (SSSR count). The lowest BCUT2D eigenvalue weighted by atomic mass is 10.1. The number of nitriles is 1. The summed E-state index contributed by atoms with van der Waals surface area (Å²) in [4.78, 5) is 6.00. The predicted molar refractivity (Wildman–Crippen MR) is 97.3 cm³/mol. The number of aromatic hydroxyl groups is 1. The monoisotopic (exact) mass is 333 g/mol. The van der Waals surface area contributed by atoms with E-state index in [4.69, 9.17) is 12.2 Å². The third-order valence-electron chi connectivity index (χ3n) is 3.80. The molecule has 0 aliphatic carbocycles. The summed E-state index contributed by atoms with van der Waals surface area (Å²) in [5.41, 5.74) is 4.08. The minimum atomic E-state index is -0.252. The van der Waals surface area contributed by atoms with E-state index in [2.05, 4.69) is 16.5 Å². The molecule has 0 aliphatic rings. The third-order valence-corrected chi connectivity index (χ3v) is 4.12. The molecule has 0 atom stereocenters. The number of benzene rings is 1. The van der Waals surface area contributed by atoms with Gasteiger partial charge in [0.05, 0.1) is 5.69 Å². The second kappa shape index (κ2) is 6.19. The van der Waals surface area contributed by atoms with E-state index < -0.39 is 0 Å². The van der Waals surface area contributed by atoms with E-state index in [9.17, 15) is 10.4 Å². The van der Waals surface area contributed by atoms with Gasteiger partial charge in [-0.3, -0.25) is 0 Å². The predicted octanol–water partition coefficient (Wildman–Crippen LogP) is 2.86. The minimum Gasteiger partial charge on any atom is -0.494 e. The smallest absolute Gasteiger partial charge is 0.208 e. The fraction of sp³-hybridized carbons (Fsp3) is 0.0526. The highest BCUT2D eigenvalue weighted by atomic mass is 32.1. The van der Waals surface area contributed by atoms with Gasteiger partial charge in [-0.05, 0) is 24.6 Å². The van der Waals surface area contributed by atoms with Crippen LogP contribution >= 0.6 is 12.2 Å². The number of H-pyrrole nitrogens is 2. The van der Waals surface area contributed by atoms with Crippen molar-refractivity contribution < 1.29 is 5.11 Å². The molecule has 0 saturated heterocycles. The van der Waals surface area contributed by atoms with Crippen molar-refractivity contribution in [1.82, 2.24) is 9.97 Å². The van der Waals surface area contributed by atoms with Gasteiger partial charge in [-0.15, -0.1) is 0 Å². The van der Waals surface area contributed by atoms with E-state index >= 15 is 0 Å². The first-order valence-electron chi connectivity index (χ1n) is 7.32. The average molecular weight is 333 g/mol. The van der Waals surface area contributed by atoms with Gasteiger partial charge < -0.3 is 15.1 Å². The number of aromatic amines is 2. The van der Waals surface area contributed by atoms with Crippen LogP contribution in [0, 0.1) is 22.9 Å². The van der Waals surface area contributed by atoms with Gasteiger partial charge in [0, 0.05) is 21.7 Å². The van der Waals surface area contributed by atoms with Gasteiger partial charge in [0.2, 0.25) is 5.88 Å². The van der Waals surface area contributed by atoms with Crippen LogP contribution in [0.4, 0.5) is 0 Å². The van der Waals surface area contributed by atoms with Crippen LogP contribution in [0.5, 0.6) is 5.88 Å². The Balaban J connectivity index is 2.31. The summed E-state index contributed by atoms with van der Waals surface area (Å²) in [5, 5.41) is 20.0. The van der Waals surface area contributed by atoms with Crippen LogP contribution in [-0.4, -0.2) is 15.1 Å². The molecule has 0 radical (unpaired) electrons. The zero-order valence-electron chi connectivity index (χ0n) is 13.1. The lowest BCUT2D eigenvalue weighted by molar-refractivity contribution is 0.450. The molecule has 0 unspecified atom stereocenters. The Morgan fingerprint density at radius 1 is 1.25 bits per heavy atom. The Labute approximate surface area is 144 Å². The van der Waals surface area contributed by atoms with Crippen molar-refractivity contribution in [3.05, 3.63) is 68.3 Å². The van der Waals surface area contributed by atoms with E-state index in [0.717, 1.165) is 22.5 Å². The van der Waals surface area contributed by atoms with Crippen LogP contribution in [0.15, 0.2) is 36.4 Å². The zero-order valence-corrected chi connectivity index (χ0v) is 13.9. The maximum Gasteiger partial charge on any atom is 0.208 e. The molecule has 2 aromatic heterocycles. The standard InChI is InChI=1S/C19H15N3OS/c1-11-8-14(17(21-11)13-6-4-3-5-7-13)9-15-12(2)16(10-20)18(23)22-19(15)24/h3-9,21,23H,2H2,1H3,(H,22,24)/b15-9-. The second-order valence-electron chi connectivity index (χ2n) is 5.47. The lowest BCUT2D eigenvalue weighted by Crippen LogP contribution is -2.28. The highest BCUT2D eigenvalue weighted by Gasteiger charge is 2.08. The van der Waals surface area contributed by atoms with Crippen molar-refractivity contribution in [1.29, 1.82) is 5.26 Å². The molecule has 0 saturated carbocycles. The van der Waals surface area contributed by atoms with E-state index in [1.165, 1.54) is 0 Å². The molecule has 1 aromatic carbocycles. The summed E-state index contributed by atoms with van der Waals surface area (Å²) in [6, 6.07) is 13.9. The van der Waals surface area contributed by atoms with Crippen LogP contribution in [0.3, 0.4) is 0 Å². The third kappa shape index (κ3) is 2.75. The van der Waals surface area contributed by atoms with Crippen LogP contribution in [0.1, 0.15) is 16.8 Å². The molecule has 5 heteroatoms. The average Bonchev–Trinajstić information content (AvgIpc) is 2.93. The van der Waals surface area contributed by atoms with Gasteiger partial charge >= 0.3 is 0 Å². The Bertz CT molecular complexity index is 1120. The molecule has 3 N–H and O–H groups in total.